The molecule has 0 bridgehead atoms. The fraction of sp³-hybridized carbons (Fsp3) is 0.543. The van der Waals surface area contributed by atoms with Crippen LogP contribution in [-0.2, 0) is 5.41 Å². The molecule has 636 valence electrons. The molecule has 4 aliphatic rings. The summed E-state index contributed by atoms with van der Waals surface area (Å²) < 4.78 is 265. The van der Waals surface area contributed by atoms with E-state index in [4.69, 9.17) is 0 Å². The van der Waals surface area contributed by atoms with Gasteiger partial charge in [-0.3, -0.25) is 0 Å². The van der Waals surface area contributed by atoms with Crippen LogP contribution >= 0.6 is 0 Å². The highest BCUT2D eigenvalue weighted by Gasteiger charge is 2.69. The molecule has 4 saturated carbocycles. The summed E-state index contributed by atoms with van der Waals surface area (Å²) in [6.07, 6.45) is -7.96. The van der Waals surface area contributed by atoms with Crippen molar-refractivity contribution in [1.82, 2.24) is 0 Å². The van der Waals surface area contributed by atoms with Gasteiger partial charge in [-0.2, -0.15) is 30.7 Å². The topological polar surface area (TPSA) is 0 Å². The first-order valence-corrected chi connectivity index (χ1v) is 37.9. The van der Waals surface area contributed by atoms with Crippen molar-refractivity contribution < 1.29 is 92.2 Å². The Kier molecular flexibility index (Phi) is 39.4. The minimum absolute atomic E-state index is 0.150. The molecule has 0 radical (unpaired) electrons. The van der Waals surface area contributed by atoms with Crippen LogP contribution in [0, 0.1) is 129 Å². The predicted octanol–water partition coefficient (Wildman–Crippen LogP) is 31.9. The quantitative estimate of drug-likeness (QED) is 0.0873. The lowest BCUT2D eigenvalue weighted by atomic mass is 9.68. The maximum atomic E-state index is 13.3. The molecule has 0 heterocycles. The smallest absolute Gasteiger partial charge is 0.238 e. The molecule has 0 nitrogen and oxygen atoms in total. The largest absolute Gasteiger partial charge is 0.394 e. The summed E-state index contributed by atoms with van der Waals surface area (Å²) >= 11 is 0. The highest BCUT2D eigenvalue weighted by Crippen LogP contribution is 2.58. The van der Waals surface area contributed by atoms with Gasteiger partial charge >= 0.3 is 18.0 Å². The highest BCUT2D eigenvalue weighted by molar-refractivity contribution is 5.33. The zero-order valence-corrected chi connectivity index (χ0v) is 70.3. The summed E-state index contributed by atoms with van der Waals surface area (Å²) in [5, 5.41) is 0. The molecule has 113 heavy (non-hydrogen) atoms. The second kappa shape index (κ2) is 42.8. The normalized spacial score (nSPS) is 22.1. The van der Waals surface area contributed by atoms with E-state index in [-0.39, 0.29) is 18.3 Å². The third-order valence-electron chi connectivity index (χ3n) is 20.9. The van der Waals surface area contributed by atoms with Gasteiger partial charge < -0.3 is 0 Å². The Bertz CT molecular complexity index is 3800. The van der Waals surface area contributed by atoms with E-state index in [1.807, 2.05) is 25.1 Å². The Hall–Kier alpha value is -6.93. The van der Waals surface area contributed by atoms with Gasteiger partial charge in [-0.05, 0) is 204 Å². The summed E-state index contributed by atoms with van der Waals surface area (Å²) in [5.41, 5.74) is 6.97. The minimum atomic E-state index is -4.01. The second-order valence-electron chi connectivity index (χ2n) is 33.4. The molecule has 0 amide bonds. The lowest BCUT2D eigenvalue weighted by Gasteiger charge is -2.46. The molecule has 7 aromatic rings. The van der Waals surface area contributed by atoms with Crippen LogP contribution < -0.4 is 0 Å². The zero-order valence-electron chi connectivity index (χ0n) is 70.3. The number of alkyl halides is 17. The van der Waals surface area contributed by atoms with Gasteiger partial charge in [-0.25, -0.2) is 61.5 Å². The molecular weight excluding hydrogens is 1500 g/mol. The molecule has 0 aromatic heterocycles. The van der Waals surface area contributed by atoms with Gasteiger partial charge in [0.2, 0.25) is 0 Å². The second-order valence-corrected chi connectivity index (χ2v) is 33.4. The van der Waals surface area contributed by atoms with Crippen molar-refractivity contribution in [2.75, 3.05) is 0 Å². The van der Waals surface area contributed by atoms with Gasteiger partial charge in [0.1, 0.15) is 5.82 Å². The maximum absolute atomic E-state index is 13.3. The Morgan fingerprint density at radius 3 is 1.04 bits per heavy atom. The third kappa shape index (κ3) is 32.6. The third-order valence-corrected chi connectivity index (χ3v) is 20.9. The summed E-state index contributed by atoms with van der Waals surface area (Å²) in [4.78, 5) is 0. The van der Waals surface area contributed by atoms with E-state index in [1.165, 1.54) is 94.5 Å². The first kappa shape index (κ1) is 104. The van der Waals surface area contributed by atoms with Gasteiger partial charge in [-0.1, -0.05) is 237 Å². The minimum Gasteiger partial charge on any atom is -0.238 e. The van der Waals surface area contributed by atoms with Crippen molar-refractivity contribution in [1.29, 1.82) is 0 Å². The molecule has 0 spiro atoms. The van der Waals surface area contributed by atoms with Crippen molar-refractivity contribution in [3.63, 3.8) is 0 Å². The molecule has 7 aromatic carbocycles. The molecule has 4 aliphatic carbocycles. The van der Waals surface area contributed by atoms with Crippen molar-refractivity contribution in [2.24, 2.45) is 22.7 Å². The number of hydrogen-bond acceptors (Lipinski definition) is 0. The first-order chi connectivity index (χ1) is 51.2. The van der Waals surface area contributed by atoms with Crippen molar-refractivity contribution in [2.45, 2.75) is 301 Å². The van der Waals surface area contributed by atoms with Crippen LogP contribution in [-0.4, -0.2) is 53.0 Å². The van der Waals surface area contributed by atoms with Gasteiger partial charge in [0.15, 0.2) is 28.8 Å². The van der Waals surface area contributed by atoms with E-state index in [2.05, 4.69) is 231 Å². The van der Waals surface area contributed by atoms with E-state index in [0.717, 1.165) is 26.7 Å². The first-order valence-electron chi connectivity index (χ1n) is 37.9. The number of rotatable bonds is 1. The van der Waals surface area contributed by atoms with Crippen LogP contribution in [0.2, 0.25) is 0 Å². The van der Waals surface area contributed by atoms with Gasteiger partial charge in [-0.15, -0.1) is 0 Å². The molecular formula is C92H121F21. The summed E-state index contributed by atoms with van der Waals surface area (Å²) in [6.45, 7) is 42.7. The van der Waals surface area contributed by atoms with Crippen LogP contribution in [0.4, 0.5) is 92.2 Å². The van der Waals surface area contributed by atoms with Gasteiger partial charge in [0.05, 0.1) is 24.7 Å². The molecule has 2 unspecified atom stereocenters. The Morgan fingerprint density at radius 2 is 0.743 bits per heavy atom. The van der Waals surface area contributed by atoms with E-state index in [1.54, 1.807) is 0 Å². The van der Waals surface area contributed by atoms with E-state index in [9.17, 15) is 92.2 Å². The highest BCUT2D eigenvalue weighted by atomic mass is 19.4. The number of benzene rings is 7. The Balaban J connectivity index is 0.000000624. The summed E-state index contributed by atoms with van der Waals surface area (Å²) in [6, 6.07) is 50.7. The van der Waals surface area contributed by atoms with E-state index < -0.39 is 136 Å². The standard InChI is InChI=1S/C11H16.C10H14.C9H14F4.C9H15F3.C9H12.C8H6F4.2C8H10.C7H9F5.C7H8.C6H7F5/c1-9-7-5-6-8-10(9)11(2,3)4;1-8(2)10-7-5-4-6-9(10)3;1-6-4-5-7(2,3)9(12,13)8(6,10)11;1-7-3-5-8(2,6-4-7)9(10,11)12;1-7-4-5-8(2)9(3)6-7;1-3-5(9)4(2)7(11)8(12)6(3)10;1-7-3-5-8(2)6-4-7;1-7-5-3-4-6-8(7)2;1-5(8)2-3-6(9,10)4-7(5,11)12;1-7-5-3-2-4-6-7;1-4(7)2-5(8,9)3-6(4,10)11/h5-8H,1-4H3;4-8H,1-3H3;6H,4-5H2,1-3H3;7H,3-6H2,1-2H3;4-6H,1-3H3;1-2H3;2*3-6H,1-2H3;2-4H2,1H3;2-6H,1H3;2-3H2,1H3/t;;6-;;;;;;;;/m..1......../s1. The van der Waals surface area contributed by atoms with Crippen molar-refractivity contribution >= 4 is 0 Å². The molecule has 0 aliphatic heterocycles. The molecule has 0 saturated heterocycles. The van der Waals surface area contributed by atoms with Crippen LogP contribution in [0.3, 0.4) is 0 Å². The van der Waals surface area contributed by atoms with Crippen molar-refractivity contribution in [3.8, 4) is 0 Å². The molecule has 3 atom stereocenters. The number of aryl methyl sites for hydroxylation is 10. The average Bonchev–Trinajstić information content (AvgIpc) is 1.74. The van der Waals surface area contributed by atoms with Crippen LogP contribution in [0.15, 0.2) is 146 Å². The fourth-order valence-electron chi connectivity index (χ4n) is 12.0. The Labute approximate surface area is 660 Å². The molecule has 0 N–H and O–H groups in total. The van der Waals surface area contributed by atoms with Crippen LogP contribution in [0.1, 0.15) is 238 Å². The SMILES string of the molecule is CC1(F)CC(F)(F)CC1(F)F.CC1(F)CCC(F)(F)CC1(F)F.CC1CCC(C)(C(F)(F)F)CC1.C[C@@H]1CCC(C)(C)C(F)(F)C1(F)F.Cc1c(F)c(C)c(F)c(F)c1F.Cc1ccc(C)c(C)c1.Cc1ccc(C)cc1.Cc1ccccc1.Cc1ccccc1C.Cc1ccccc1C(C)(C)C.Cc1ccccc1C(C)C. The van der Waals surface area contributed by atoms with Gasteiger partial charge in [0.25, 0.3) is 23.7 Å². The maximum Gasteiger partial charge on any atom is 0.394 e. The fourth-order valence-corrected chi connectivity index (χ4v) is 12.0. The number of hydrogen-bond donors (Lipinski definition) is 0. The predicted molar refractivity (Wildman–Crippen MR) is 420 cm³/mol. The lowest BCUT2D eigenvalue weighted by molar-refractivity contribution is -0.301. The summed E-state index contributed by atoms with van der Waals surface area (Å²) in [5.74, 6) is -28.2. The zero-order chi connectivity index (χ0) is 87.9. The molecule has 21 heteroatoms. The van der Waals surface area contributed by atoms with Crippen LogP contribution in [0.25, 0.3) is 0 Å². The van der Waals surface area contributed by atoms with Crippen LogP contribution in [0.5, 0.6) is 0 Å². The number of halogens is 21. The molecule has 11 rings (SSSR count). The average molecular weight is 1630 g/mol. The molecule has 4 fully saturated rings. The van der Waals surface area contributed by atoms with Crippen molar-refractivity contribution in [3.05, 3.63) is 247 Å². The van der Waals surface area contributed by atoms with Gasteiger partial charge in [0, 0.05) is 28.9 Å². The monoisotopic (exact) mass is 1620 g/mol. The van der Waals surface area contributed by atoms with E-state index >= 15 is 0 Å². The summed E-state index contributed by atoms with van der Waals surface area (Å²) in [7, 11) is 0. The van der Waals surface area contributed by atoms with E-state index in [0.29, 0.717) is 38.5 Å². The Morgan fingerprint density at radius 1 is 0.363 bits per heavy atom. The lowest BCUT2D eigenvalue weighted by Crippen LogP contribution is -2.58.